The third-order valence-electron chi connectivity index (χ3n) is 5.81. The minimum Gasteiger partial charge on any atom is -0.507 e. The van der Waals surface area contributed by atoms with E-state index in [0.29, 0.717) is 40.7 Å². The number of amides is 1. The van der Waals surface area contributed by atoms with Crippen molar-refractivity contribution >= 4 is 23.1 Å². The summed E-state index contributed by atoms with van der Waals surface area (Å²) in [6, 6.07) is 19.9. The lowest BCUT2D eigenvalue weighted by Gasteiger charge is -2.26. The second-order valence-corrected chi connectivity index (χ2v) is 8.02. The number of carbonyl (C=O) groups excluding carboxylic acids is 2. The number of aliphatic hydroxyl groups is 1. The van der Waals surface area contributed by atoms with Crippen molar-refractivity contribution in [2.45, 2.75) is 19.4 Å². The van der Waals surface area contributed by atoms with Crippen molar-refractivity contribution in [3.63, 3.8) is 0 Å². The zero-order valence-electron chi connectivity index (χ0n) is 19.9. The Hall–Kier alpha value is -4.26. The fraction of sp³-hybridized carbons (Fsp3) is 0.214. The van der Waals surface area contributed by atoms with E-state index in [0.717, 1.165) is 6.42 Å². The van der Waals surface area contributed by atoms with Crippen LogP contribution in [0.4, 0.5) is 5.69 Å². The van der Waals surface area contributed by atoms with Crippen LogP contribution in [-0.2, 0) is 9.59 Å². The smallest absolute Gasteiger partial charge is 0.300 e. The summed E-state index contributed by atoms with van der Waals surface area (Å²) in [6.07, 6.45) is 0.875. The van der Waals surface area contributed by atoms with E-state index in [1.807, 2.05) is 6.92 Å². The molecule has 180 valence electrons. The number of rotatable bonds is 8. The largest absolute Gasteiger partial charge is 0.507 e. The average Bonchev–Trinajstić information content (AvgIpc) is 3.17. The van der Waals surface area contributed by atoms with E-state index in [4.69, 9.17) is 14.2 Å². The van der Waals surface area contributed by atoms with Crippen molar-refractivity contribution in [1.29, 1.82) is 0 Å². The van der Waals surface area contributed by atoms with Crippen molar-refractivity contribution in [3.05, 3.63) is 89.5 Å². The molecular weight excluding hydrogens is 446 g/mol. The molecule has 7 heteroatoms. The Kier molecular flexibility index (Phi) is 7.06. The number of carbonyl (C=O) groups is 2. The highest BCUT2D eigenvalue weighted by molar-refractivity contribution is 6.51. The van der Waals surface area contributed by atoms with Crippen LogP contribution in [0.5, 0.6) is 17.2 Å². The lowest BCUT2D eigenvalue weighted by molar-refractivity contribution is -0.132. The van der Waals surface area contributed by atoms with E-state index < -0.39 is 17.7 Å². The molecule has 4 rings (SSSR count). The van der Waals surface area contributed by atoms with E-state index in [9.17, 15) is 14.7 Å². The highest BCUT2D eigenvalue weighted by Gasteiger charge is 2.47. The normalized spacial score (nSPS) is 16.9. The highest BCUT2D eigenvalue weighted by Crippen LogP contribution is 2.43. The maximum atomic E-state index is 13.3. The van der Waals surface area contributed by atoms with Gasteiger partial charge in [0.2, 0.25) is 0 Å². The van der Waals surface area contributed by atoms with Crippen LogP contribution >= 0.6 is 0 Å². The number of methoxy groups -OCH3 is 2. The lowest BCUT2D eigenvalue weighted by Crippen LogP contribution is -2.29. The van der Waals surface area contributed by atoms with Gasteiger partial charge in [-0.1, -0.05) is 25.1 Å². The Balaban J connectivity index is 1.86. The van der Waals surface area contributed by atoms with Gasteiger partial charge in [0.25, 0.3) is 11.7 Å². The molecule has 1 fully saturated rings. The first-order chi connectivity index (χ1) is 17.0. The Bertz CT molecular complexity index is 1250. The van der Waals surface area contributed by atoms with E-state index in [1.54, 1.807) is 79.9 Å². The summed E-state index contributed by atoms with van der Waals surface area (Å²) < 4.78 is 16.2. The van der Waals surface area contributed by atoms with E-state index in [1.165, 1.54) is 12.0 Å². The van der Waals surface area contributed by atoms with Gasteiger partial charge in [0.1, 0.15) is 23.0 Å². The Morgan fingerprint density at radius 2 is 1.54 bits per heavy atom. The third kappa shape index (κ3) is 4.71. The van der Waals surface area contributed by atoms with E-state index in [2.05, 4.69) is 0 Å². The van der Waals surface area contributed by atoms with Gasteiger partial charge in [-0.2, -0.15) is 0 Å². The van der Waals surface area contributed by atoms with Crippen LogP contribution in [0, 0.1) is 0 Å². The van der Waals surface area contributed by atoms with Crippen LogP contribution in [-0.4, -0.2) is 37.6 Å². The molecule has 0 aliphatic carbocycles. The molecule has 3 aromatic carbocycles. The molecule has 1 unspecified atom stereocenters. The molecule has 1 aliphatic rings. The van der Waals surface area contributed by atoms with Crippen molar-refractivity contribution in [3.8, 4) is 17.2 Å². The van der Waals surface area contributed by atoms with Gasteiger partial charge in [0, 0.05) is 17.3 Å². The van der Waals surface area contributed by atoms with Crippen LogP contribution in [0.25, 0.3) is 5.76 Å². The molecule has 3 aromatic rings. The maximum Gasteiger partial charge on any atom is 0.300 e. The first kappa shape index (κ1) is 23.9. The number of nitrogens with zero attached hydrogens (tertiary/aromatic N) is 1. The summed E-state index contributed by atoms with van der Waals surface area (Å²) >= 11 is 0. The van der Waals surface area contributed by atoms with Crippen molar-refractivity contribution in [2.24, 2.45) is 0 Å². The Morgan fingerprint density at radius 1 is 0.886 bits per heavy atom. The van der Waals surface area contributed by atoms with Gasteiger partial charge in [-0.3, -0.25) is 14.5 Å². The van der Waals surface area contributed by atoms with Crippen molar-refractivity contribution in [1.82, 2.24) is 0 Å². The fourth-order valence-electron chi connectivity index (χ4n) is 4.05. The molecule has 0 aromatic heterocycles. The Morgan fingerprint density at radius 3 is 2.17 bits per heavy atom. The molecular formula is C28H27NO6. The molecule has 0 bridgehead atoms. The predicted molar refractivity (Wildman–Crippen MR) is 133 cm³/mol. The SMILES string of the molecule is CCCOc1ccc(C2/C(=C(\O)c3ccc(OC)cc3)C(=O)C(=O)N2c2cccc(OC)c2)cc1. The summed E-state index contributed by atoms with van der Waals surface area (Å²) in [6.45, 7) is 2.61. The summed E-state index contributed by atoms with van der Waals surface area (Å²) in [7, 11) is 3.08. The standard InChI is InChI=1S/C28H27NO6/c1-4-16-35-22-14-8-18(9-15-22)25-24(26(30)19-10-12-21(33-2)13-11-19)27(31)28(32)29(25)20-6-5-7-23(17-20)34-3/h5-15,17,25,30H,4,16H2,1-3H3/b26-24+. The maximum absolute atomic E-state index is 13.3. The second-order valence-electron chi connectivity index (χ2n) is 8.02. The topological polar surface area (TPSA) is 85.3 Å². The Labute approximate surface area is 204 Å². The number of benzene rings is 3. The first-order valence-corrected chi connectivity index (χ1v) is 11.3. The quantitative estimate of drug-likeness (QED) is 0.278. The van der Waals surface area contributed by atoms with Gasteiger partial charge in [-0.05, 0) is 60.5 Å². The molecule has 1 atom stereocenters. The summed E-state index contributed by atoms with van der Waals surface area (Å²) in [4.78, 5) is 28.0. The van der Waals surface area contributed by atoms with E-state index >= 15 is 0 Å². The van der Waals surface area contributed by atoms with Crippen molar-refractivity contribution in [2.75, 3.05) is 25.7 Å². The number of Topliss-reactive ketones (excluding diaryl/α,β-unsaturated/α-hetero) is 1. The van der Waals surface area contributed by atoms with Crippen LogP contribution in [0.1, 0.15) is 30.5 Å². The van der Waals surface area contributed by atoms with Crippen LogP contribution in [0.15, 0.2) is 78.4 Å². The molecule has 1 amide bonds. The zero-order chi connectivity index (χ0) is 24.9. The van der Waals surface area contributed by atoms with Crippen LogP contribution in [0.3, 0.4) is 0 Å². The molecule has 1 aliphatic heterocycles. The number of ketones is 1. The lowest BCUT2D eigenvalue weighted by atomic mass is 9.95. The molecule has 1 N–H and O–H groups in total. The van der Waals surface area contributed by atoms with Crippen LogP contribution in [0.2, 0.25) is 0 Å². The van der Waals surface area contributed by atoms with Gasteiger partial charge in [0.15, 0.2) is 0 Å². The van der Waals surface area contributed by atoms with Crippen molar-refractivity contribution < 1.29 is 28.9 Å². The number of ether oxygens (including phenoxy) is 3. The molecule has 0 spiro atoms. The molecule has 0 radical (unpaired) electrons. The average molecular weight is 474 g/mol. The predicted octanol–water partition coefficient (Wildman–Crippen LogP) is 5.12. The number of hydrogen-bond donors (Lipinski definition) is 1. The number of aliphatic hydroxyl groups excluding tert-OH is 1. The molecule has 1 heterocycles. The minimum absolute atomic E-state index is 0.00483. The van der Waals surface area contributed by atoms with Gasteiger partial charge in [-0.25, -0.2) is 0 Å². The van der Waals surface area contributed by atoms with Gasteiger partial charge < -0.3 is 19.3 Å². The minimum atomic E-state index is -0.843. The van der Waals surface area contributed by atoms with Gasteiger partial charge in [-0.15, -0.1) is 0 Å². The third-order valence-corrected chi connectivity index (χ3v) is 5.81. The van der Waals surface area contributed by atoms with Gasteiger partial charge >= 0.3 is 0 Å². The van der Waals surface area contributed by atoms with Gasteiger partial charge in [0.05, 0.1) is 32.4 Å². The number of anilines is 1. The van der Waals surface area contributed by atoms with Crippen LogP contribution < -0.4 is 19.1 Å². The summed E-state index contributed by atoms with van der Waals surface area (Å²) in [5.41, 5.74) is 1.55. The number of hydrogen-bond acceptors (Lipinski definition) is 6. The molecule has 0 saturated carbocycles. The summed E-state index contributed by atoms with van der Waals surface area (Å²) in [5.74, 6) is 0.0816. The molecule has 7 nitrogen and oxygen atoms in total. The second kappa shape index (κ2) is 10.3. The zero-order valence-corrected chi connectivity index (χ0v) is 19.9. The van der Waals surface area contributed by atoms with E-state index in [-0.39, 0.29) is 11.3 Å². The highest BCUT2D eigenvalue weighted by atomic mass is 16.5. The fourth-order valence-corrected chi connectivity index (χ4v) is 4.05. The molecule has 35 heavy (non-hydrogen) atoms. The first-order valence-electron chi connectivity index (χ1n) is 11.3. The summed E-state index contributed by atoms with van der Waals surface area (Å²) in [5, 5.41) is 11.2. The molecule has 1 saturated heterocycles. The monoisotopic (exact) mass is 473 g/mol.